The maximum atomic E-state index is 5.72. The van der Waals surface area contributed by atoms with E-state index in [0.29, 0.717) is 0 Å². The highest BCUT2D eigenvalue weighted by Crippen LogP contribution is 2.11. The second-order valence-electron chi connectivity index (χ2n) is 4.37. The summed E-state index contributed by atoms with van der Waals surface area (Å²) in [5.41, 5.74) is 11.0. The van der Waals surface area contributed by atoms with Gasteiger partial charge in [0.15, 0.2) is 0 Å². The summed E-state index contributed by atoms with van der Waals surface area (Å²) in [4.78, 5) is 0. The van der Waals surface area contributed by atoms with Crippen LogP contribution >= 0.6 is 0 Å². The minimum absolute atomic E-state index is 0.783. The number of nitrogen functional groups attached to an aromatic ring is 1. The minimum atomic E-state index is 0.783. The maximum Gasteiger partial charge on any atom is 0.0317 e. The van der Waals surface area contributed by atoms with Crippen LogP contribution < -0.4 is 5.73 Å². The molecule has 2 rings (SSSR count). The van der Waals surface area contributed by atoms with E-state index >= 15 is 0 Å². The Morgan fingerprint density at radius 1 is 1.00 bits per heavy atom. The molecule has 0 saturated heterocycles. The van der Waals surface area contributed by atoms with Crippen LogP contribution in [0.25, 0.3) is 0 Å². The van der Waals surface area contributed by atoms with Crippen LogP contribution in [0.5, 0.6) is 0 Å². The highest BCUT2D eigenvalue weighted by atomic mass is 14.5. The van der Waals surface area contributed by atoms with Crippen molar-refractivity contribution in [3.05, 3.63) is 64.7 Å². The molecular weight excluding hydrogens is 218 g/mol. The van der Waals surface area contributed by atoms with Gasteiger partial charge in [0.1, 0.15) is 0 Å². The summed E-state index contributed by atoms with van der Waals surface area (Å²) in [6.45, 7) is 4.18. The molecular formula is C17H17N. The third kappa shape index (κ3) is 2.93. The maximum absolute atomic E-state index is 5.72. The molecule has 0 aliphatic heterocycles. The van der Waals surface area contributed by atoms with Crippen molar-refractivity contribution in [3.63, 3.8) is 0 Å². The second kappa shape index (κ2) is 5.42. The van der Waals surface area contributed by atoms with Crippen LogP contribution in [-0.4, -0.2) is 0 Å². The Balaban J connectivity index is 2.25. The Morgan fingerprint density at radius 2 is 1.72 bits per heavy atom. The number of anilines is 1. The lowest BCUT2D eigenvalue weighted by Crippen LogP contribution is -1.88. The molecule has 0 aliphatic carbocycles. The van der Waals surface area contributed by atoms with E-state index in [4.69, 9.17) is 5.73 Å². The highest BCUT2D eigenvalue weighted by Gasteiger charge is 1.94. The molecule has 2 aromatic rings. The van der Waals surface area contributed by atoms with Crippen LogP contribution in [0.3, 0.4) is 0 Å². The number of hydrogen-bond donors (Lipinski definition) is 1. The van der Waals surface area contributed by atoms with Crippen LogP contribution in [-0.2, 0) is 6.42 Å². The lowest BCUT2D eigenvalue weighted by Gasteiger charge is -1.99. The van der Waals surface area contributed by atoms with E-state index in [1.165, 1.54) is 5.56 Å². The normalized spacial score (nSPS) is 9.67. The summed E-state index contributed by atoms with van der Waals surface area (Å²) >= 11 is 0. The van der Waals surface area contributed by atoms with Crippen LogP contribution in [0.2, 0.25) is 0 Å². The zero-order chi connectivity index (χ0) is 13.0. The summed E-state index contributed by atoms with van der Waals surface area (Å²) in [5, 5.41) is 0. The van der Waals surface area contributed by atoms with Gasteiger partial charge >= 0.3 is 0 Å². The van der Waals surface area contributed by atoms with Gasteiger partial charge in [-0.1, -0.05) is 30.9 Å². The molecule has 0 spiro atoms. The fraction of sp³-hybridized carbons (Fsp3) is 0.176. The van der Waals surface area contributed by atoms with Crippen LogP contribution in [0, 0.1) is 18.8 Å². The zero-order valence-corrected chi connectivity index (χ0v) is 10.8. The minimum Gasteiger partial charge on any atom is -0.399 e. The van der Waals surface area contributed by atoms with E-state index in [-0.39, 0.29) is 0 Å². The van der Waals surface area contributed by atoms with Crippen molar-refractivity contribution < 1.29 is 0 Å². The fourth-order valence-electron chi connectivity index (χ4n) is 1.79. The molecule has 0 atom stereocenters. The number of nitrogens with two attached hydrogens (primary N) is 1. The van der Waals surface area contributed by atoms with Gasteiger partial charge in [-0.15, -0.1) is 0 Å². The predicted octanol–water partition coefficient (Wildman–Crippen LogP) is 3.54. The molecule has 2 N–H and O–H groups in total. The molecule has 90 valence electrons. The average molecular weight is 235 g/mol. The summed E-state index contributed by atoms with van der Waals surface area (Å²) in [6, 6.07) is 14.2. The molecule has 0 unspecified atom stereocenters. The van der Waals surface area contributed by atoms with Crippen molar-refractivity contribution in [1.29, 1.82) is 0 Å². The Bertz CT molecular complexity index is 598. The highest BCUT2D eigenvalue weighted by molar-refractivity contribution is 5.52. The van der Waals surface area contributed by atoms with E-state index in [9.17, 15) is 0 Å². The predicted molar refractivity (Wildman–Crippen MR) is 77.4 cm³/mol. The summed E-state index contributed by atoms with van der Waals surface area (Å²) in [7, 11) is 0. The lowest BCUT2D eigenvalue weighted by molar-refractivity contribution is 1.14. The molecule has 0 saturated carbocycles. The second-order valence-corrected chi connectivity index (χ2v) is 4.37. The van der Waals surface area contributed by atoms with E-state index in [0.717, 1.165) is 28.8 Å². The number of benzene rings is 2. The van der Waals surface area contributed by atoms with Gasteiger partial charge in [0.05, 0.1) is 0 Å². The topological polar surface area (TPSA) is 26.0 Å². The smallest absolute Gasteiger partial charge is 0.0317 e. The van der Waals surface area contributed by atoms with Crippen molar-refractivity contribution in [2.45, 2.75) is 20.3 Å². The number of aryl methyl sites for hydroxylation is 2. The Labute approximate surface area is 109 Å². The van der Waals surface area contributed by atoms with Gasteiger partial charge in [-0.3, -0.25) is 0 Å². The van der Waals surface area contributed by atoms with Crippen molar-refractivity contribution in [2.24, 2.45) is 0 Å². The van der Waals surface area contributed by atoms with E-state index in [1.54, 1.807) is 0 Å². The van der Waals surface area contributed by atoms with E-state index in [2.05, 4.69) is 43.0 Å². The van der Waals surface area contributed by atoms with Crippen molar-refractivity contribution in [2.75, 3.05) is 5.73 Å². The summed E-state index contributed by atoms with van der Waals surface area (Å²) < 4.78 is 0. The zero-order valence-electron chi connectivity index (χ0n) is 10.8. The first-order valence-electron chi connectivity index (χ1n) is 6.16. The largest absolute Gasteiger partial charge is 0.399 e. The number of rotatable bonds is 1. The van der Waals surface area contributed by atoms with Gasteiger partial charge in [-0.05, 0) is 54.8 Å². The van der Waals surface area contributed by atoms with Gasteiger partial charge in [-0.2, -0.15) is 0 Å². The quantitative estimate of drug-likeness (QED) is 0.594. The molecule has 0 bridgehead atoms. The number of hydrogen-bond acceptors (Lipinski definition) is 1. The molecule has 2 aromatic carbocycles. The Hall–Kier alpha value is -2.20. The SMILES string of the molecule is CCc1ccc(C#Cc2ccc(N)cc2C)cc1. The summed E-state index contributed by atoms with van der Waals surface area (Å²) in [5.74, 6) is 6.37. The third-order valence-electron chi connectivity index (χ3n) is 2.95. The molecule has 18 heavy (non-hydrogen) atoms. The van der Waals surface area contributed by atoms with Gasteiger partial charge in [0, 0.05) is 16.8 Å². The van der Waals surface area contributed by atoms with Gasteiger partial charge in [0.25, 0.3) is 0 Å². The van der Waals surface area contributed by atoms with Crippen molar-refractivity contribution in [1.82, 2.24) is 0 Å². The van der Waals surface area contributed by atoms with Gasteiger partial charge < -0.3 is 5.73 Å². The molecule has 1 heteroatoms. The monoisotopic (exact) mass is 235 g/mol. The Morgan fingerprint density at radius 3 is 2.33 bits per heavy atom. The lowest BCUT2D eigenvalue weighted by atomic mass is 10.1. The first-order chi connectivity index (χ1) is 8.69. The molecule has 0 heterocycles. The molecule has 0 aromatic heterocycles. The third-order valence-corrected chi connectivity index (χ3v) is 2.95. The van der Waals surface area contributed by atoms with Crippen LogP contribution in [0.15, 0.2) is 42.5 Å². The fourth-order valence-corrected chi connectivity index (χ4v) is 1.79. The van der Waals surface area contributed by atoms with Crippen LogP contribution in [0.4, 0.5) is 5.69 Å². The van der Waals surface area contributed by atoms with E-state index in [1.807, 2.05) is 25.1 Å². The van der Waals surface area contributed by atoms with Crippen LogP contribution in [0.1, 0.15) is 29.2 Å². The molecule has 1 nitrogen and oxygen atoms in total. The average Bonchev–Trinajstić information content (AvgIpc) is 2.38. The molecule has 0 radical (unpaired) electrons. The molecule has 0 aliphatic rings. The molecule has 0 fully saturated rings. The Kier molecular flexibility index (Phi) is 3.69. The summed E-state index contributed by atoms with van der Waals surface area (Å²) in [6.07, 6.45) is 1.06. The van der Waals surface area contributed by atoms with Crippen molar-refractivity contribution >= 4 is 5.69 Å². The first kappa shape index (κ1) is 12.3. The standard InChI is InChI=1S/C17H17N/c1-3-14-4-6-15(7-5-14)8-9-16-10-11-17(18)12-13(16)2/h4-7,10-12H,3,18H2,1-2H3. The molecule has 0 amide bonds. The van der Waals surface area contributed by atoms with Crippen molar-refractivity contribution in [3.8, 4) is 11.8 Å². The van der Waals surface area contributed by atoms with Gasteiger partial charge in [0.2, 0.25) is 0 Å². The first-order valence-corrected chi connectivity index (χ1v) is 6.16. The van der Waals surface area contributed by atoms with Gasteiger partial charge in [-0.25, -0.2) is 0 Å². The van der Waals surface area contributed by atoms with E-state index < -0.39 is 0 Å².